The molecular weight excluding hydrogens is 396 g/mol. The summed E-state index contributed by atoms with van der Waals surface area (Å²) in [5.41, 5.74) is 10.3. The third-order valence-electron chi connectivity index (χ3n) is 4.69. The van der Waals surface area contributed by atoms with E-state index in [4.69, 9.17) is 29.8 Å². The molecular formula is C24H36N2O5. The van der Waals surface area contributed by atoms with Crippen LogP contribution in [0.1, 0.15) is 11.1 Å². The van der Waals surface area contributed by atoms with Gasteiger partial charge in [-0.15, -0.1) is 0 Å². The fraction of sp³-hybridized carbons (Fsp3) is 0.500. The Bertz CT molecular complexity index is 714. The molecule has 0 spiro atoms. The lowest BCUT2D eigenvalue weighted by atomic mass is 10.1. The molecule has 0 saturated carbocycles. The Hall–Kier alpha value is -2.16. The lowest BCUT2D eigenvalue weighted by Gasteiger charge is -2.26. The van der Waals surface area contributed by atoms with E-state index in [2.05, 4.69) is 41.3 Å². The minimum absolute atomic E-state index is 0.0345. The standard InChI is InChI=1S/C24H36N2O5/c1-21-19-23(7-8-24(21)25)26(20-22-5-3-2-4-6-22)9-11-28-13-15-30-17-18-31-16-14-29-12-10-27/h2-8,19,27H,9-18,20,25H2,1H3. The summed E-state index contributed by atoms with van der Waals surface area (Å²) in [6, 6.07) is 16.5. The zero-order chi connectivity index (χ0) is 22.2. The van der Waals surface area contributed by atoms with Crippen molar-refractivity contribution in [1.82, 2.24) is 0 Å². The molecule has 7 heteroatoms. The van der Waals surface area contributed by atoms with E-state index in [1.54, 1.807) is 0 Å². The SMILES string of the molecule is Cc1cc(N(CCOCCOCCOCCOCCO)Cc2ccccc2)ccc1N. The van der Waals surface area contributed by atoms with Crippen LogP contribution in [0.4, 0.5) is 11.4 Å². The highest BCUT2D eigenvalue weighted by Crippen LogP contribution is 2.22. The number of aliphatic hydroxyl groups excluding tert-OH is 1. The van der Waals surface area contributed by atoms with Crippen LogP contribution in [0.25, 0.3) is 0 Å². The summed E-state index contributed by atoms with van der Waals surface area (Å²) in [7, 11) is 0. The molecule has 0 heterocycles. The van der Waals surface area contributed by atoms with Gasteiger partial charge in [0.1, 0.15) is 0 Å². The van der Waals surface area contributed by atoms with Gasteiger partial charge in [0, 0.05) is 24.5 Å². The van der Waals surface area contributed by atoms with Crippen LogP contribution in [0, 0.1) is 6.92 Å². The number of aryl methyl sites for hydroxylation is 1. The third kappa shape index (κ3) is 10.6. The van der Waals surface area contributed by atoms with E-state index in [0.29, 0.717) is 52.9 Å². The molecule has 0 bridgehead atoms. The van der Waals surface area contributed by atoms with Gasteiger partial charge in [0.2, 0.25) is 0 Å². The molecule has 0 amide bonds. The van der Waals surface area contributed by atoms with E-state index in [-0.39, 0.29) is 6.61 Å². The maximum absolute atomic E-state index is 8.60. The Morgan fingerprint density at radius 3 is 1.94 bits per heavy atom. The van der Waals surface area contributed by atoms with Crippen molar-refractivity contribution in [3.05, 3.63) is 59.7 Å². The highest BCUT2D eigenvalue weighted by Gasteiger charge is 2.09. The van der Waals surface area contributed by atoms with Crippen molar-refractivity contribution in [3.8, 4) is 0 Å². The minimum Gasteiger partial charge on any atom is -0.399 e. The summed E-state index contributed by atoms with van der Waals surface area (Å²) in [6.45, 7) is 7.70. The summed E-state index contributed by atoms with van der Waals surface area (Å²) < 4.78 is 21.8. The molecule has 0 aromatic heterocycles. The van der Waals surface area contributed by atoms with Crippen LogP contribution in [-0.4, -0.2) is 71.1 Å². The first-order chi connectivity index (χ1) is 15.2. The predicted molar refractivity (Wildman–Crippen MR) is 123 cm³/mol. The second-order valence-electron chi connectivity index (χ2n) is 7.12. The van der Waals surface area contributed by atoms with Crippen LogP contribution in [0.3, 0.4) is 0 Å². The van der Waals surface area contributed by atoms with Crippen molar-refractivity contribution in [1.29, 1.82) is 0 Å². The van der Waals surface area contributed by atoms with Crippen molar-refractivity contribution in [2.75, 3.05) is 76.6 Å². The summed E-state index contributed by atoms with van der Waals surface area (Å²) in [6.07, 6.45) is 0. The number of nitrogens with zero attached hydrogens (tertiary/aromatic N) is 1. The molecule has 0 unspecified atom stereocenters. The monoisotopic (exact) mass is 432 g/mol. The van der Waals surface area contributed by atoms with E-state index in [1.165, 1.54) is 5.56 Å². The fourth-order valence-corrected chi connectivity index (χ4v) is 2.96. The van der Waals surface area contributed by atoms with Gasteiger partial charge < -0.3 is 34.7 Å². The van der Waals surface area contributed by atoms with Gasteiger partial charge >= 0.3 is 0 Å². The van der Waals surface area contributed by atoms with Crippen molar-refractivity contribution in [2.24, 2.45) is 0 Å². The Morgan fingerprint density at radius 2 is 1.35 bits per heavy atom. The molecule has 0 saturated heterocycles. The topological polar surface area (TPSA) is 86.4 Å². The number of aliphatic hydroxyl groups is 1. The molecule has 0 fully saturated rings. The number of hydrogen-bond donors (Lipinski definition) is 2. The Kier molecular flexibility index (Phi) is 12.6. The quantitative estimate of drug-likeness (QED) is 0.294. The normalized spacial score (nSPS) is 11.0. The fourth-order valence-electron chi connectivity index (χ4n) is 2.96. The first-order valence-electron chi connectivity index (χ1n) is 10.8. The molecule has 7 nitrogen and oxygen atoms in total. The second kappa shape index (κ2) is 15.6. The van der Waals surface area contributed by atoms with Crippen molar-refractivity contribution in [2.45, 2.75) is 13.5 Å². The van der Waals surface area contributed by atoms with Gasteiger partial charge in [0.05, 0.1) is 59.5 Å². The average molecular weight is 433 g/mol. The van der Waals surface area contributed by atoms with Gasteiger partial charge in [0.15, 0.2) is 0 Å². The molecule has 0 radical (unpaired) electrons. The van der Waals surface area contributed by atoms with Crippen LogP contribution in [0.2, 0.25) is 0 Å². The van der Waals surface area contributed by atoms with Crippen LogP contribution in [0.5, 0.6) is 0 Å². The van der Waals surface area contributed by atoms with Gasteiger partial charge in [-0.05, 0) is 36.2 Å². The number of nitrogen functional groups attached to an aromatic ring is 1. The molecule has 0 aliphatic carbocycles. The Labute approximate surface area is 185 Å². The van der Waals surface area contributed by atoms with Crippen LogP contribution < -0.4 is 10.6 Å². The van der Waals surface area contributed by atoms with E-state index >= 15 is 0 Å². The number of benzene rings is 2. The lowest BCUT2D eigenvalue weighted by Crippen LogP contribution is -2.27. The molecule has 0 aliphatic heterocycles. The number of nitrogens with two attached hydrogens (primary N) is 1. The number of ether oxygens (including phenoxy) is 4. The van der Waals surface area contributed by atoms with Gasteiger partial charge in [-0.1, -0.05) is 30.3 Å². The highest BCUT2D eigenvalue weighted by atomic mass is 16.6. The van der Waals surface area contributed by atoms with Gasteiger partial charge in [-0.2, -0.15) is 0 Å². The van der Waals surface area contributed by atoms with Gasteiger partial charge in [-0.25, -0.2) is 0 Å². The molecule has 3 N–H and O–H groups in total. The van der Waals surface area contributed by atoms with E-state index in [9.17, 15) is 0 Å². The van der Waals surface area contributed by atoms with Crippen molar-refractivity contribution < 1.29 is 24.1 Å². The molecule has 0 aliphatic rings. The zero-order valence-corrected chi connectivity index (χ0v) is 18.5. The van der Waals surface area contributed by atoms with E-state index < -0.39 is 0 Å². The highest BCUT2D eigenvalue weighted by molar-refractivity contribution is 5.58. The summed E-state index contributed by atoms with van der Waals surface area (Å²) in [4.78, 5) is 2.30. The summed E-state index contributed by atoms with van der Waals surface area (Å²) >= 11 is 0. The maximum atomic E-state index is 8.60. The first kappa shape index (κ1) is 25.1. The van der Waals surface area contributed by atoms with E-state index in [0.717, 1.165) is 30.0 Å². The van der Waals surface area contributed by atoms with Gasteiger partial charge in [-0.3, -0.25) is 0 Å². The molecule has 2 rings (SSSR count). The molecule has 0 atom stereocenters. The first-order valence-corrected chi connectivity index (χ1v) is 10.8. The molecule has 31 heavy (non-hydrogen) atoms. The number of rotatable bonds is 17. The largest absolute Gasteiger partial charge is 0.399 e. The Balaban J connectivity index is 1.64. The van der Waals surface area contributed by atoms with Crippen molar-refractivity contribution in [3.63, 3.8) is 0 Å². The van der Waals surface area contributed by atoms with Crippen molar-refractivity contribution >= 4 is 11.4 Å². The minimum atomic E-state index is 0.0345. The molecule has 2 aromatic carbocycles. The predicted octanol–water partition coefficient (Wildman–Crippen LogP) is 2.64. The van der Waals surface area contributed by atoms with E-state index in [1.807, 2.05) is 19.1 Å². The second-order valence-corrected chi connectivity index (χ2v) is 7.12. The Morgan fingerprint density at radius 1 is 0.774 bits per heavy atom. The smallest absolute Gasteiger partial charge is 0.0701 e. The van der Waals surface area contributed by atoms with Crippen LogP contribution in [-0.2, 0) is 25.5 Å². The number of anilines is 2. The molecule has 2 aromatic rings. The van der Waals surface area contributed by atoms with Crippen LogP contribution >= 0.6 is 0 Å². The number of hydrogen-bond acceptors (Lipinski definition) is 7. The molecule has 172 valence electrons. The summed E-state index contributed by atoms with van der Waals surface area (Å²) in [5, 5.41) is 8.60. The van der Waals surface area contributed by atoms with Crippen LogP contribution in [0.15, 0.2) is 48.5 Å². The summed E-state index contributed by atoms with van der Waals surface area (Å²) in [5.74, 6) is 0. The lowest BCUT2D eigenvalue weighted by molar-refractivity contribution is -0.00490. The maximum Gasteiger partial charge on any atom is 0.0701 e. The third-order valence-corrected chi connectivity index (χ3v) is 4.69. The zero-order valence-electron chi connectivity index (χ0n) is 18.5. The van der Waals surface area contributed by atoms with Gasteiger partial charge in [0.25, 0.3) is 0 Å². The average Bonchev–Trinajstić information content (AvgIpc) is 2.78.